The lowest BCUT2D eigenvalue weighted by molar-refractivity contribution is -0.125. The van der Waals surface area contributed by atoms with Crippen LogP contribution in [-0.2, 0) is 14.8 Å². The molecule has 1 saturated carbocycles. The van der Waals surface area contributed by atoms with E-state index in [1.54, 1.807) is 36.0 Å². The summed E-state index contributed by atoms with van der Waals surface area (Å²) >= 11 is 1.68. The van der Waals surface area contributed by atoms with Crippen LogP contribution in [0.1, 0.15) is 42.0 Å². The Morgan fingerprint density at radius 3 is 2.12 bits per heavy atom. The van der Waals surface area contributed by atoms with Crippen LogP contribution in [0.25, 0.3) is 0 Å². The fourth-order valence-electron chi connectivity index (χ4n) is 4.32. The average Bonchev–Trinajstić information content (AvgIpc) is 2.80. The Labute approximate surface area is 200 Å². The van der Waals surface area contributed by atoms with Gasteiger partial charge in [0.2, 0.25) is 10.0 Å². The molecule has 0 amide bonds. The van der Waals surface area contributed by atoms with Crippen LogP contribution >= 0.6 is 11.8 Å². The van der Waals surface area contributed by atoms with Gasteiger partial charge in [-0.25, -0.2) is 13.1 Å². The van der Waals surface area contributed by atoms with Crippen LogP contribution in [0.4, 0.5) is 0 Å². The van der Waals surface area contributed by atoms with Crippen molar-refractivity contribution in [1.82, 2.24) is 4.72 Å². The van der Waals surface area contributed by atoms with E-state index >= 15 is 0 Å². The predicted octanol–water partition coefficient (Wildman–Crippen LogP) is 5.85. The van der Waals surface area contributed by atoms with Gasteiger partial charge in [-0.15, -0.1) is 11.8 Å². The third kappa shape index (κ3) is 5.75. The summed E-state index contributed by atoms with van der Waals surface area (Å²) in [5.74, 6) is -0.334. The van der Waals surface area contributed by atoms with Crippen molar-refractivity contribution in [2.75, 3.05) is 0 Å². The Morgan fingerprint density at radius 1 is 0.879 bits per heavy atom. The summed E-state index contributed by atoms with van der Waals surface area (Å²) in [5, 5.41) is -0.0140. The van der Waals surface area contributed by atoms with Crippen molar-refractivity contribution < 1.29 is 13.2 Å². The Balaban J connectivity index is 1.70. The van der Waals surface area contributed by atoms with Gasteiger partial charge in [0.15, 0.2) is 0 Å². The molecule has 0 heterocycles. The van der Waals surface area contributed by atoms with E-state index in [1.165, 1.54) is 5.56 Å². The molecule has 4 rings (SSSR count). The molecule has 1 aliphatic rings. The number of ketones is 1. The molecular weight excluding hydrogens is 450 g/mol. The topological polar surface area (TPSA) is 63.2 Å². The van der Waals surface area contributed by atoms with Crippen molar-refractivity contribution in [3.05, 3.63) is 95.6 Å². The predicted molar refractivity (Wildman–Crippen MR) is 134 cm³/mol. The number of aryl methyl sites for hydroxylation is 2. The lowest BCUT2D eigenvalue weighted by atomic mass is 9.80. The fourth-order valence-corrected chi connectivity index (χ4v) is 6.95. The normalized spacial score (nSPS) is 19.9. The summed E-state index contributed by atoms with van der Waals surface area (Å²) in [7, 11) is -3.81. The van der Waals surface area contributed by atoms with Crippen molar-refractivity contribution in [2.45, 2.75) is 54.2 Å². The standard InChI is InChI=1S/C27H29NO3S2/c1-19-11-15-22(16-12-19)32-25-10-6-9-24(29)26(25)27(21-7-4-3-5-8-21)28-33(30,31)23-17-13-20(2)14-18-23/h3-5,7-8,11-18,25-28H,6,9-10H2,1-2H3/t25-,26-,27-/m0/s1. The second kappa shape index (κ2) is 10.2. The van der Waals surface area contributed by atoms with Gasteiger partial charge in [-0.2, -0.15) is 0 Å². The minimum Gasteiger partial charge on any atom is -0.299 e. The first-order valence-electron chi connectivity index (χ1n) is 11.2. The van der Waals surface area contributed by atoms with Crippen LogP contribution < -0.4 is 4.72 Å². The molecule has 3 aromatic carbocycles. The lowest BCUT2D eigenvalue weighted by Gasteiger charge is -2.36. The molecule has 0 unspecified atom stereocenters. The zero-order chi connectivity index (χ0) is 23.4. The lowest BCUT2D eigenvalue weighted by Crippen LogP contribution is -2.43. The third-order valence-corrected chi connectivity index (χ3v) is 8.96. The monoisotopic (exact) mass is 479 g/mol. The number of benzene rings is 3. The van der Waals surface area contributed by atoms with E-state index in [2.05, 4.69) is 29.0 Å². The van der Waals surface area contributed by atoms with E-state index in [-0.39, 0.29) is 15.9 Å². The summed E-state index contributed by atoms with van der Waals surface area (Å²) in [6, 6.07) is 23.9. The Bertz CT molecular complexity index is 1190. The summed E-state index contributed by atoms with van der Waals surface area (Å²) < 4.78 is 29.6. The van der Waals surface area contributed by atoms with Gasteiger partial charge in [0.05, 0.1) is 16.9 Å². The maximum Gasteiger partial charge on any atom is 0.241 e. The van der Waals surface area contributed by atoms with E-state index < -0.39 is 22.0 Å². The van der Waals surface area contributed by atoms with Crippen LogP contribution in [-0.4, -0.2) is 19.5 Å². The first-order valence-corrected chi connectivity index (χ1v) is 13.6. The molecule has 172 valence electrons. The first-order chi connectivity index (χ1) is 15.8. The number of sulfonamides is 1. The van der Waals surface area contributed by atoms with E-state index in [0.717, 1.165) is 28.9 Å². The molecule has 0 saturated heterocycles. The minimum atomic E-state index is -3.81. The number of carbonyl (C=O) groups excluding carboxylic acids is 1. The molecular formula is C27H29NO3S2. The molecule has 0 radical (unpaired) electrons. The van der Waals surface area contributed by atoms with Crippen LogP contribution in [0.15, 0.2) is 88.7 Å². The van der Waals surface area contributed by atoms with Crippen LogP contribution in [0, 0.1) is 19.8 Å². The zero-order valence-corrected chi connectivity index (χ0v) is 20.5. The Hall–Kier alpha value is -2.41. The van der Waals surface area contributed by atoms with Gasteiger partial charge in [0, 0.05) is 16.6 Å². The smallest absolute Gasteiger partial charge is 0.241 e. The van der Waals surface area contributed by atoms with Gasteiger partial charge in [-0.1, -0.05) is 65.7 Å². The first kappa shape index (κ1) is 23.7. The second-order valence-corrected chi connectivity index (χ2v) is 11.7. The molecule has 3 atom stereocenters. The highest BCUT2D eigenvalue weighted by atomic mass is 32.2. The summed E-state index contributed by atoms with van der Waals surface area (Å²) in [5.41, 5.74) is 2.98. The second-order valence-electron chi connectivity index (χ2n) is 8.68. The van der Waals surface area contributed by atoms with Crippen LogP contribution in [0.3, 0.4) is 0 Å². The van der Waals surface area contributed by atoms with Crippen molar-refractivity contribution in [1.29, 1.82) is 0 Å². The maximum atomic E-state index is 13.3. The maximum absolute atomic E-state index is 13.3. The molecule has 1 fully saturated rings. The quantitative estimate of drug-likeness (QED) is 0.461. The summed E-state index contributed by atoms with van der Waals surface area (Å²) in [6.07, 6.45) is 2.17. The summed E-state index contributed by atoms with van der Waals surface area (Å²) in [6.45, 7) is 3.97. The van der Waals surface area contributed by atoms with Crippen LogP contribution in [0.5, 0.6) is 0 Å². The van der Waals surface area contributed by atoms with Gasteiger partial charge in [0.25, 0.3) is 0 Å². The molecule has 1 aliphatic carbocycles. The number of nitrogens with one attached hydrogen (secondary N) is 1. The molecule has 0 aromatic heterocycles. The molecule has 0 aliphatic heterocycles. The van der Waals surface area contributed by atoms with E-state index in [1.807, 2.05) is 44.2 Å². The molecule has 33 heavy (non-hydrogen) atoms. The SMILES string of the molecule is Cc1ccc(S[C@H]2CCCC(=O)[C@@H]2[C@@H](NS(=O)(=O)c2ccc(C)cc2)c2ccccc2)cc1. The number of hydrogen-bond donors (Lipinski definition) is 1. The molecule has 4 nitrogen and oxygen atoms in total. The number of thioether (sulfide) groups is 1. The van der Waals surface area contributed by atoms with Gasteiger partial charge in [-0.05, 0) is 56.5 Å². The Kier molecular flexibility index (Phi) is 7.37. The number of hydrogen-bond acceptors (Lipinski definition) is 4. The highest BCUT2D eigenvalue weighted by Gasteiger charge is 2.41. The average molecular weight is 480 g/mol. The van der Waals surface area contributed by atoms with Crippen LogP contribution in [0.2, 0.25) is 0 Å². The highest BCUT2D eigenvalue weighted by Crippen LogP contribution is 2.42. The zero-order valence-electron chi connectivity index (χ0n) is 18.9. The van der Waals surface area contributed by atoms with Crippen molar-refractivity contribution >= 4 is 27.6 Å². The molecule has 0 spiro atoms. The number of carbonyl (C=O) groups is 1. The molecule has 0 bridgehead atoms. The van der Waals surface area contributed by atoms with Gasteiger partial charge in [0.1, 0.15) is 5.78 Å². The van der Waals surface area contributed by atoms with Gasteiger partial charge in [-0.3, -0.25) is 4.79 Å². The third-order valence-electron chi connectivity index (χ3n) is 6.12. The molecule has 6 heteroatoms. The highest BCUT2D eigenvalue weighted by molar-refractivity contribution is 8.00. The summed E-state index contributed by atoms with van der Waals surface area (Å²) in [4.78, 5) is 14.6. The van der Waals surface area contributed by atoms with E-state index in [4.69, 9.17) is 0 Å². The molecule has 1 N–H and O–H groups in total. The van der Waals surface area contributed by atoms with Gasteiger partial charge >= 0.3 is 0 Å². The van der Waals surface area contributed by atoms with Crippen molar-refractivity contribution in [3.8, 4) is 0 Å². The van der Waals surface area contributed by atoms with Crippen molar-refractivity contribution in [2.24, 2.45) is 5.92 Å². The number of rotatable bonds is 7. The van der Waals surface area contributed by atoms with Crippen molar-refractivity contribution in [3.63, 3.8) is 0 Å². The number of Topliss-reactive ketones (excluding diaryl/α,β-unsaturated/α-hetero) is 1. The van der Waals surface area contributed by atoms with Gasteiger partial charge < -0.3 is 0 Å². The molecule has 3 aromatic rings. The van der Waals surface area contributed by atoms with E-state index in [9.17, 15) is 13.2 Å². The Morgan fingerprint density at radius 2 is 1.48 bits per heavy atom. The van der Waals surface area contributed by atoms with E-state index in [0.29, 0.717) is 6.42 Å². The minimum absolute atomic E-state index is 0.0140. The largest absolute Gasteiger partial charge is 0.299 e. The fraction of sp³-hybridized carbons (Fsp3) is 0.296.